The van der Waals surface area contributed by atoms with Crippen molar-refractivity contribution in [1.29, 1.82) is 0 Å². The number of unbranched alkanes of at least 4 members (excludes halogenated alkanes) is 6. The summed E-state index contributed by atoms with van der Waals surface area (Å²) in [6, 6.07) is -2.14. The van der Waals surface area contributed by atoms with Crippen LogP contribution in [0.3, 0.4) is 0 Å². The van der Waals surface area contributed by atoms with Crippen LogP contribution in [0, 0.1) is 17.8 Å². The highest BCUT2D eigenvalue weighted by Crippen LogP contribution is 2.50. The van der Waals surface area contributed by atoms with E-state index in [1.54, 1.807) is 20.8 Å². The number of rotatable bonds is 24. The summed E-state index contributed by atoms with van der Waals surface area (Å²) in [5, 5.41) is 6.42. The van der Waals surface area contributed by atoms with Crippen molar-refractivity contribution in [1.82, 2.24) is 0 Å². The van der Waals surface area contributed by atoms with Crippen molar-refractivity contribution < 1.29 is 65.9 Å². The Morgan fingerprint density at radius 2 is 0.596 bits per heavy atom. The molecule has 47 heavy (non-hydrogen) atoms. The molecule has 0 fully saturated rings. The molecule has 0 saturated carbocycles. The van der Waals surface area contributed by atoms with Crippen LogP contribution in [-0.2, 0) is 0 Å². The first-order chi connectivity index (χ1) is 21.2. The van der Waals surface area contributed by atoms with Crippen LogP contribution in [0.25, 0.3) is 0 Å². The average molecular weight is 738 g/mol. The van der Waals surface area contributed by atoms with E-state index >= 15 is 0 Å². The summed E-state index contributed by atoms with van der Waals surface area (Å²) >= 11 is 0. The lowest BCUT2D eigenvalue weighted by Crippen LogP contribution is -2.51. The molecule has 0 aliphatic carbocycles. The lowest BCUT2D eigenvalue weighted by Gasteiger charge is -2.36. The van der Waals surface area contributed by atoms with Gasteiger partial charge in [-0.05, 0) is 56.7 Å². The Labute approximate surface area is 269 Å². The first kappa shape index (κ1) is 46.1. The molecule has 0 aromatic heterocycles. The lowest BCUT2D eigenvalue weighted by molar-refractivity contribution is -0.304. The average Bonchev–Trinajstić information content (AvgIpc) is 2.92. The number of hydrogen-bond acceptors (Lipinski definition) is 1. The van der Waals surface area contributed by atoms with E-state index in [9.17, 15) is 65.9 Å². The Balaban J connectivity index is 6.60. The number of nitrogens with two attached hydrogens (primary N) is 1. The summed E-state index contributed by atoms with van der Waals surface area (Å²) in [6.07, 6.45) is -20.7. The van der Waals surface area contributed by atoms with Gasteiger partial charge < -0.3 is 5.40 Å². The van der Waals surface area contributed by atoms with Crippen LogP contribution in [0.1, 0.15) is 117 Å². The Bertz CT molecular complexity index is 748. The maximum absolute atomic E-state index is 14.5. The Morgan fingerprint density at radius 1 is 0.383 bits per heavy atom. The minimum atomic E-state index is -5.99. The molecule has 0 aliphatic heterocycles. The van der Waals surface area contributed by atoms with Gasteiger partial charge in [0, 0.05) is 17.8 Å². The second-order valence-electron chi connectivity index (χ2n) is 12.9. The van der Waals surface area contributed by atoms with Gasteiger partial charge in [0.05, 0.1) is 0 Å². The summed E-state index contributed by atoms with van der Waals surface area (Å²) < 4.78 is 207. The summed E-state index contributed by atoms with van der Waals surface area (Å²) in [4.78, 5) is 0. The molecule has 0 aromatic rings. The van der Waals surface area contributed by atoms with E-state index in [2.05, 4.69) is 0 Å². The van der Waals surface area contributed by atoms with E-state index in [1.807, 2.05) is 0 Å². The van der Waals surface area contributed by atoms with Crippen molar-refractivity contribution >= 4 is 8.24 Å². The van der Waals surface area contributed by atoms with Gasteiger partial charge in [-0.15, -0.1) is 0 Å². The molecule has 0 spiro atoms. The fourth-order valence-corrected chi connectivity index (χ4v) is 9.42. The standard InChI is InChI=1S/C30H50F15NSi/c1-4-7-10-13-22(25(31,32)28(37,38)39)16-19-47(46,20-17-23(14-11-8-5-2)26(33,34)29(40,41)42)21-18-24(15-12-9-6-3)27(35,36)30(43,44)45/h22-24H,4-21,46H2,1-3H3. The summed E-state index contributed by atoms with van der Waals surface area (Å²) in [5.41, 5.74) is 0. The predicted octanol–water partition coefficient (Wildman–Crippen LogP) is 13.2. The van der Waals surface area contributed by atoms with Gasteiger partial charge in [0.15, 0.2) is 0 Å². The molecule has 0 heterocycles. The minimum Gasteiger partial charge on any atom is -0.351 e. The van der Waals surface area contributed by atoms with Crippen molar-refractivity contribution in [2.24, 2.45) is 23.2 Å². The van der Waals surface area contributed by atoms with Crippen LogP contribution in [0.5, 0.6) is 0 Å². The van der Waals surface area contributed by atoms with Crippen LogP contribution >= 0.6 is 0 Å². The zero-order valence-corrected chi connectivity index (χ0v) is 28.2. The quantitative estimate of drug-likeness (QED) is 0.0596. The Hall–Kier alpha value is -0.873. The third kappa shape index (κ3) is 14.1. The van der Waals surface area contributed by atoms with Crippen molar-refractivity contribution in [2.75, 3.05) is 0 Å². The van der Waals surface area contributed by atoms with Gasteiger partial charge in [0.2, 0.25) is 0 Å². The molecule has 284 valence electrons. The van der Waals surface area contributed by atoms with Gasteiger partial charge in [-0.2, -0.15) is 65.9 Å². The number of hydrogen-bond donors (Lipinski definition) is 1. The molecule has 0 aliphatic rings. The van der Waals surface area contributed by atoms with E-state index in [0.29, 0.717) is 19.3 Å². The predicted molar refractivity (Wildman–Crippen MR) is 154 cm³/mol. The van der Waals surface area contributed by atoms with E-state index in [1.165, 1.54) is 0 Å². The highest BCUT2D eigenvalue weighted by Gasteiger charge is 2.64. The van der Waals surface area contributed by atoms with E-state index in [-0.39, 0.29) is 38.5 Å². The molecular weight excluding hydrogens is 687 g/mol. The van der Waals surface area contributed by atoms with Gasteiger partial charge in [-0.3, -0.25) is 0 Å². The molecule has 0 radical (unpaired) electrons. The highest BCUT2D eigenvalue weighted by atomic mass is 28.3. The van der Waals surface area contributed by atoms with Crippen LogP contribution in [0.15, 0.2) is 0 Å². The van der Waals surface area contributed by atoms with E-state index < -0.39 is 119 Å². The van der Waals surface area contributed by atoms with E-state index in [4.69, 9.17) is 5.40 Å². The normalized spacial score (nSPS) is 17.4. The molecule has 0 saturated heterocycles. The Morgan fingerprint density at radius 3 is 0.766 bits per heavy atom. The van der Waals surface area contributed by atoms with Crippen LogP contribution in [-0.4, -0.2) is 44.5 Å². The van der Waals surface area contributed by atoms with Gasteiger partial charge in [-0.1, -0.05) is 78.6 Å². The summed E-state index contributed by atoms with van der Waals surface area (Å²) in [7, 11) is -4.10. The first-order valence-electron chi connectivity index (χ1n) is 16.4. The van der Waals surface area contributed by atoms with Gasteiger partial charge in [0.1, 0.15) is 8.24 Å². The van der Waals surface area contributed by atoms with E-state index in [0.717, 1.165) is 0 Å². The number of alkyl halides is 15. The molecule has 0 bridgehead atoms. The summed E-state index contributed by atoms with van der Waals surface area (Å²) in [5.74, 6) is -22.8. The molecular formula is C30H50F15NSi. The van der Waals surface area contributed by atoms with Gasteiger partial charge in [-0.25, -0.2) is 0 Å². The molecule has 3 unspecified atom stereocenters. The van der Waals surface area contributed by atoms with Gasteiger partial charge >= 0.3 is 36.3 Å². The highest BCUT2D eigenvalue weighted by molar-refractivity contribution is 6.76. The second-order valence-corrected chi connectivity index (χ2v) is 17.1. The molecule has 0 aromatic carbocycles. The molecule has 2 N–H and O–H groups in total. The number of halogens is 15. The van der Waals surface area contributed by atoms with Crippen LogP contribution in [0.4, 0.5) is 65.9 Å². The maximum Gasteiger partial charge on any atom is 0.453 e. The maximum atomic E-state index is 14.5. The molecule has 1 nitrogen and oxygen atoms in total. The van der Waals surface area contributed by atoms with Crippen molar-refractivity contribution in [3.05, 3.63) is 0 Å². The fraction of sp³-hybridized carbons (Fsp3) is 1.00. The largest absolute Gasteiger partial charge is 0.453 e. The SMILES string of the molecule is CCCCCC(CC[Si](N)(CCC(CCCCC)C(F)(F)C(F)(F)F)CCC(CCCCC)C(F)(F)C(F)(F)F)C(F)(F)C(F)(F)F. The molecule has 0 rings (SSSR count). The van der Waals surface area contributed by atoms with Gasteiger partial charge in [0.25, 0.3) is 0 Å². The first-order valence-corrected chi connectivity index (χ1v) is 19.1. The topological polar surface area (TPSA) is 26.0 Å². The van der Waals surface area contributed by atoms with Crippen molar-refractivity contribution in [2.45, 2.75) is 172 Å². The molecule has 0 amide bonds. The minimum absolute atomic E-state index is 0.0550. The lowest BCUT2D eigenvalue weighted by atomic mass is 9.91. The third-order valence-corrected chi connectivity index (χ3v) is 13.0. The van der Waals surface area contributed by atoms with Crippen LogP contribution in [0.2, 0.25) is 18.1 Å². The zero-order chi connectivity index (χ0) is 37.0. The monoisotopic (exact) mass is 737 g/mol. The van der Waals surface area contributed by atoms with Crippen molar-refractivity contribution in [3.8, 4) is 0 Å². The Kier molecular flexibility index (Phi) is 18.6. The fourth-order valence-electron chi connectivity index (χ4n) is 5.90. The second kappa shape index (κ2) is 18.9. The molecule has 3 atom stereocenters. The third-order valence-electron chi connectivity index (χ3n) is 9.11. The molecule has 17 heteroatoms. The van der Waals surface area contributed by atoms with Crippen molar-refractivity contribution in [3.63, 3.8) is 0 Å². The zero-order valence-electron chi connectivity index (χ0n) is 27.2. The van der Waals surface area contributed by atoms with Crippen LogP contribution < -0.4 is 5.40 Å². The smallest absolute Gasteiger partial charge is 0.351 e. The summed E-state index contributed by atoms with van der Waals surface area (Å²) in [6.45, 7) is 4.99.